The Balaban J connectivity index is 1.80. The van der Waals surface area contributed by atoms with E-state index in [0.717, 1.165) is 11.1 Å². The van der Waals surface area contributed by atoms with Crippen LogP contribution in [0.5, 0.6) is 0 Å². The molecule has 4 aromatic rings. The molecule has 0 atom stereocenters. The third-order valence-electron chi connectivity index (χ3n) is 4.48. The average Bonchev–Trinajstić information content (AvgIpc) is 3.32. The molecule has 0 radical (unpaired) electrons. The van der Waals surface area contributed by atoms with Crippen molar-refractivity contribution in [3.63, 3.8) is 0 Å². The molecule has 0 spiro atoms. The lowest BCUT2D eigenvalue weighted by molar-refractivity contribution is 0.275. The van der Waals surface area contributed by atoms with E-state index in [1.165, 1.54) is 0 Å². The van der Waals surface area contributed by atoms with Gasteiger partial charge in [0.2, 0.25) is 0 Å². The standard InChI is InChI=1S/C20H20N6O2/c27-13-17-19(25(23-21-17)11-15-7-3-1-4-8-15)20-18(14-28)22-24-26(20)12-16-9-5-2-6-10-16/h1-10,27-28H,11-14H2. The second-order valence-electron chi connectivity index (χ2n) is 6.37. The average molecular weight is 376 g/mol. The first-order chi connectivity index (χ1) is 13.8. The highest BCUT2D eigenvalue weighted by Gasteiger charge is 2.23. The zero-order valence-corrected chi connectivity index (χ0v) is 15.2. The van der Waals surface area contributed by atoms with Gasteiger partial charge in [-0.15, -0.1) is 10.2 Å². The molecule has 2 aromatic heterocycles. The van der Waals surface area contributed by atoms with Crippen molar-refractivity contribution in [1.29, 1.82) is 0 Å². The van der Waals surface area contributed by atoms with Crippen molar-refractivity contribution in [3.05, 3.63) is 83.2 Å². The SMILES string of the molecule is OCc1nnn(Cc2ccccc2)c1-c1c(CO)nnn1Cc1ccccc1. The van der Waals surface area contributed by atoms with Crippen LogP contribution in [0.2, 0.25) is 0 Å². The number of aromatic nitrogens is 6. The normalized spacial score (nSPS) is 11.1. The van der Waals surface area contributed by atoms with Crippen LogP contribution in [0.1, 0.15) is 22.5 Å². The minimum atomic E-state index is -0.272. The summed E-state index contributed by atoms with van der Waals surface area (Å²) in [5, 5.41) is 36.3. The van der Waals surface area contributed by atoms with E-state index in [-0.39, 0.29) is 13.2 Å². The Morgan fingerprint density at radius 1 is 0.607 bits per heavy atom. The molecule has 8 heteroatoms. The number of benzene rings is 2. The molecule has 28 heavy (non-hydrogen) atoms. The highest BCUT2D eigenvalue weighted by molar-refractivity contribution is 5.60. The minimum absolute atomic E-state index is 0.272. The van der Waals surface area contributed by atoms with Crippen LogP contribution < -0.4 is 0 Å². The van der Waals surface area contributed by atoms with Crippen molar-refractivity contribution in [2.24, 2.45) is 0 Å². The molecule has 0 amide bonds. The first-order valence-electron chi connectivity index (χ1n) is 8.94. The van der Waals surface area contributed by atoms with Crippen molar-refractivity contribution in [3.8, 4) is 11.4 Å². The fraction of sp³-hybridized carbons (Fsp3) is 0.200. The lowest BCUT2D eigenvalue weighted by atomic mass is 10.1. The van der Waals surface area contributed by atoms with Gasteiger partial charge in [-0.25, -0.2) is 9.36 Å². The molecule has 0 aliphatic heterocycles. The van der Waals surface area contributed by atoms with Crippen LogP contribution in [0.4, 0.5) is 0 Å². The highest BCUT2D eigenvalue weighted by Crippen LogP contribution is 2.26. The van der Waals surface area contributed by atoms with Gasteiger partial charge in [0.25, 0.3) is 0 Å². The first-order valence-corrected chi connectivity index (χ1v) is 8.94. The molecule has 2 N–H and O–H groups in total. The molecule has 4 rings (SSSR count). The van der Waals surface area contributed by atoms with E-state index >= 15 is 0 Å². The van der Waals surface area contributed by atoms with E-state index in [9.17, 15) is 10.2 Å². The van der Waals surface area contributed by atoms with Crippen LogP contribution in [0, 0.1) is 0 Å². The van der Waals surface area contributed by atoms with Crippen LogP contribution in [0.15, 0.2) is 60.7 Å². The fourth-order valence-electron chi connectivity index (χ4n) is 3.16. The smallest absolute Gasteiger partial charge is 0.118 e. The summed E-state index contributed by atoms with van der Waals surface area (Å²) in [7, 11) is 0. The second kappa shape index (κ2) is 8.12. The topological polar surface area (TPSA) is 102 Å². The molecule has 0 unspecified atom stereocenters. The van der Waals surface area contributed by atoms with Gasteiger partial charge >= 0.3 is 0 Å². The molecule has 0 aliphatic carbocycles. The number of rotatable bonds is 7. The summed E-state index contributed by atoms with van der Waals surface area (Å²) < 4.78 is 3.42. The monoisotopic (exact) mass is 376 g/mol. The van der Waals surface area contributed by atoms with Crippen LogP contribution >= 0.6 is 0 Å². The van der Waals surface area contributed by atoms with E-state index in [1.54, 1.807) is 9.36 Å². The zero-order valence-electron chi connectivity index (χ0n) is 15.2. The maximum Gasteiger partial charge on any atom is 0.118 e. The number of aliphatic hydroxyl groups excluding tert-OH is 2. The van der Waals surface area contributed by atoms with Gasteiger partial charge in [-0.1, -0.05) is 71.1 Å². The third kappa shape index (κ3) is 3.55. The molecular formula is C20H20N6O2. The Morgan fingerprint density at radius 3 is 1.36 bits per heavy atom. The summed E-state index contributed by atoms with van der Waals surface area (Å²) in [5.41, 5.74) is 4.15. The van der Waals surface area contributed by atoms with Crippen LogP contribution in [-0.2, 0) is 26.3 Å². The molecule has 0 saturated heterocycles. The Hall–Kier alpha value is -3.36. The summed E-state index contributed by atoms with van der Waals surface area (Å²) in [6.07, 6.45) is 0. The Bertz CT molecular complexity index is 958. The van der Waals surface area contributed by atoms with Gasteiger partial charge in [-0.05, 0) is 11.1 Å². The molecule has 142 valence electrons. The minimum Gasteiger partial charge on any atom is -0.390 e. The predicted octanol–water partition coefficient (Wildman–Crippen LogP) is 1.62. The third-order valence-corrected chi connectivity index (χ3v) is 4.48. The molecule has 0 saturated carbocycles. The van der Waals surface area contributed by atoms with E-state index < -0.39 is 0 Å². The second-order valence-corrected chi connectivity index (χ2v) is 6.37. The van der Waals surface area contributed by atoms with Crippen LogP contribution in [0.3, 0.4) is 0 Å². The number of nitrogens with zero attached hydrogens (tertiary/aromatic N) is 6. The largest absolute Gasteiger partial charge is 0.390 e. The lowest BCUT2D eigenvalue weighted by Gasteiger charge is -2.11. The predicted molar refractivity (Wildman–Crippen MR) is 102 cm³/mol. The summed E-state index contributed by atoms with van der Waals surface area (Å²) >= 11 is 0. The van der Waals surface area contributed by atoms with Crippen molar-refractivity contribution < 1.29 is 10.2 Å². The molecular weight excluding hydrogens is 356 g/mol. The van der Waals surface area contributed by atoms with Gasteiger partial charge in [-0.3, -0.25) is 0 Å². The Morgan fingerprint density at radius 2 is 1.00 bits per heavy atom. The van der Waals surface area contributed by atoms with Crippen molar-refractivity contribution in [1.82, 2.24) is 30.0 Å². The molecule has 0 fully saturated rings. The summed E-state index contributed by atoms with van der Waals surface area (Å²) in [6, 6.07) is 19.7. The van der Waals surface area contributed by atoms with E-state index in [4.69, 9.17) is 0 Å². The maximum absolute atomic E-state index is 9.81. The van der Waals surface area contributed by atoms with E-state index in [2.05, 4.69) is 20.6 Å². The fourth-order valence-corrected chi connectivity index (χ4v) is 3.16. The number of hydrogen-bond donors (Lipinski definition) is 2. The number of hydrogen-bond acceptors (Lipinski definition) is 6. The Labute approximate surface area is 161 Å². The molecule has 2 aromatic carbocycles. The zero-order chi connectivity index (χ0) is 19.3. The van der Waals surface area contributed by atoms with Crippen molar-refractivity contribution >= 4 is 0 Å². The van der Waals surface area contributed by atoms with Crippen molar-refractivity contribution in [2.45, 2.75) is 26.3 Å². The van der Waals surface area contributed by atoms with Crippen LogP contribution in [-0.4, -0.2) is 40.2 Å². The van der Waals surface area contributed by atoms with E-state index in [1.807, 2.05) is 60.7 Å². The van der Waals surface area contributed by atoms with Gasteiger partial charge < -0.3 is 10.2 Å². The van der Waals surface area contributed by atoms with E-state index in [0.29, 0.717) is 35.9 Å². The van der Waals surface area contributed by atoms with Gasteiger partial charge in [0.05, 0.1) is 26.3 Å². The van der Waals surface area contributed by atoms with Gasteiger partial charge in [0.15, 0.2) is 0 Å². The maximum atomic E-state index is 9.81. The van der Waals surface area contributed by atoms with Crippen molar-refractivity contribution in [2.75, 3.05) is 0 Å². The quantitative estimate of drug-likeness (QED) is 0.508. The summed E-state index contributed by atoms with van der Waals surface area (Å²) in [4.78, 5) is 0. The summed E-state index contributed by atoms with van der Waals surface area (Å²) in [6.45, 7) is 0.409. The molecule has 0 aliphatic rings. The highest BCUT2D eigenvalue weighted by atomic mass is 16.3. The lowest BCUT2D eigenvalue weighted by Crippen LogP contribution is -2.11. The summed E-state index contributed by atoms with van der Waals surface area (Å²) in [5.74, 6) is 0. The van der Waals surface area contributed by atoms with Gasteiger partial charge in [-0.2, -0.15) is 0 Å². The number of aliphatic hydroxyl groups is 2. The van der Waals surface area contributed by atoms with Crippen LogP contribution in [0.25, 0.3) is 11.4 Å². The Kier molecular flexibility index (Phi) is 5.22. The van der Waals surface area contributed by atoms with Gasteiger partial charge in [0.1, 0.15) is 22.8 Å². The first kappa shape index (κ1) is 18.0. The molecule has 0 bridgehead atoms. The molecule has 2 heterocycles. The molecule has 8 nitrogen and oxygen atoms in total. The van der Waals surface area contributed by atoms with Gasteiger partial charge in [0, 0.05) is 0 Å².